The molecule has 106 valence electrons. The van der Waals surface area contributed by atoms with Crippen LogP contribution in [0.4, 0.5) is 0 Å². The fourth-order valence-electron chi connectivity index (χ4n) is 1.92. The van der Waals surface area contributed by atoms with Crippen LogP contribution in [-0.2, 0) is 14.8 Å². The van der Waals surface area contributed by atoms with E-state index < -0.39 is 15.1 Å². The third kappa shape index (κ3) is 2.96. The molecule has 1 aromatic heterocycles. The standard InChI is InChI=1S/C11H16N2O5S/c1-7-6-17-8(2)5-13(7)11(14)9-3-4-10(18-9)19(12,15)16/h3-4,7-8H,5-6H2,1-2H3,(H2,12,15,16). The summed E-state index contributed by atoms with van der Waals surface area (Å²) in [6.07, 6.45) is -0.0622. The van der Waals surface area contributed by atoms with Crippen molar-refractivity contribution in [3.05, 3.63) is 17.9 Å². The summed E-state index contributed by atoms with van der Waals surface area (Å²) in [6.45, 7) is 4.60. The summed E-state index contributed by atoms with van der Waals surface area (Å²) in [7, 11) is -3.93. The number of rotatable bonds is 2. The number of carbonyl (C=O) groups is 1. The van der Waals surface area contributed by atoms with E-state index in [1.165, 1.54) is 12.1 Å². The first-order chi connectivity index (χ1) is 8.79. The van der Waals surface area contributed by atoms with E-state index in [0.717, 1.165) is 0 Å². The molecule has 0 aliphatic carbocycles. The SMILES string of the molecule is CC1CN(C(=O)c2ccc(S(N)(=O)=O)o2)C(C)CO1. The van der Waals surface area contributed by atoms with E-state index in [9.17, 15) is 13.2 Å². The smallest absolute Gasteiger partial charge is 0.290 e. The highest BCUT2D eigenvalue weighted by Crippen LogP contribution is 2.18. The molecule has 1 amide bonds. The van der Waals surface area contributed by atoms with E-state index in [1.807, 2.05) is 13.8 Å². The van der Waals surface area contributed by atoms with Crippen LogP contribution in [0.15, 0.2) is 21.6 Å². The van der Waals surface area contributed by atoms with Gasteiger partial charge in [-0.25, -0.2) is 13.6 Å². The molecule has 2 rings (SSSR count). The largest absolute Gasteiger partial charge is 0.438 e. The number of hydrogen-bond acceptors (Lipinski definition) is 5. The minimum absolute atomic E-state index is 0.0371. The van der Waals surface area contributed by atoms with Gasteiger partial charge in [0.1, 0.15) is 0 Å². The van der Waals surface area contributed by atoms with Crippen molar-refractivity contribution in [1.29, 1.82) is 0 Å². The predicted octanol–water partition coefficient (Wildman–Crippen LogP) is 0.176. The van der Waals surface area contributed by atoms with Crippen LogP contribution >= 0.6 is 0 Å². The molecule has 0 saturated carbocycles. The van der Waals surface area contributed by atoms with Gasteiger partial charge >= 0.3 is 0 Å². The van der Waals surface area contributed by atoms with Crippen molar-refractivity contribution in [2.75, 3.05) is 13.2 Å². The highest BCUT2D eigenvalue weighted by atomic mass is 32.2. The van der Waals surface area contributed by atoms with Gasteiger partial charge in [-0.3, -0.25) is 4.79 Å². The molecule has 1 saturated heterocycles. The fraction of sp³-hybridized carbons (Fsp3) is 0.545. The van der Waals surface area contributed by atoms with Gasteiger partial charge in [-0.15, -0.1) is 0 Å². The Morgan fingerprint density at radius 3 is 2.68 bits per heavy atom. The van der Waals surface area contributed by atoms with Crippen molar-refractivity contribution in [2.24, 2.45) is 5.14 Å². The molecular weight excluding hydrogens is 272 g/mol. The van der Waals surface area contributed by atoms with Crippen molar-refractivity contribution in [2.45, 2.75) is 31.1 Å². The first-order valence-electron chi connectivity index (χ1n) is 5.84. The van der Waals surface area contributed by atoms with Gasteiger partial charge in [0, 0.05) is 6.54 Å². The summed E-state index contributed by atoms with van der Waals surface area (Å²) in [4.78, 5) is 13.8. The zero-order valence-electron chi connectivity index (χ0n) is 10.7. The lowest BCUT2D eigenvalue weighted by molar-refractivity contribution is -0.0397. The lowest BCUT2D eigenvalue weighted by Gasteiger charge is -2.36. The van der Waals surface area contributed by atoms with Crippen LogP contribution < -0.4 is 5.14 Å². The van der Waals surface area contributed by atoms with Crippen LogP contribution in [0.5, 0.6) is 0 Å². The average molecular weight is 288 g/mol. The molecule has 2 unspecified atom stereocenters. The zero-order chi connectivity index (χ0) is 14.2. The van der Waals surface area contributed by atoms with Crippen molar-refractivity contribution >= 4 is 15.9 Å². The summed E-state index contributed by atoms with van der Waals surface area (Å²) in [5.41, 5.74) is 0. The number of sulfonamides is 1. The minimum atomic E-state index is -3.93. The Balaban J connectivity index is 2.22. The van der Waals surface area contributed by atoms with Gasteiger partial charge in [-0.1, -0.05) is 0 Å². The van der Waals surface area contributed by atoms with Crippen LogP contribution in [0.3, 0.4) is 0 Å². The molecule has 19 heavy (non-hydrogen) atoms. The van der Waals surface area contributed by atoms with E-state index in [0.29, 0.717) is 13.2 Å². The number of morpholine rings is 1. The molecule has 7 nitrogen and oxygen atoms in total. The van der Waals surface area contributed by atoms with Crippen LogP contribution in [0.25, 0.3) is 0 Å². The maximum Gasteiger partial charge on any atom is 0.290 e. The van der Waals surface area contributed by atoms with Crippen LogP contribution in [0, 0.1) is 0 Å². The molecule has 1 aliphatic heterocycles. The molecule has 0 aromatic carbocycles. The number of primary sulfonamides is 1. The third-order valence-electron chi connectivity index (χ3n) is 2.94. The summed E-state index contributed by atoms with van der Waals surface area (Å²) >= 11 is 0. The van der Waals surface area contributed by atoms with Crippen molar-refractivity contribution < 1.29 is 22.4 Å². The average Bonchev–Trinajstić information content (AvgIpc) is 2.80. The molecular formula is C11H16N2O5S. The number of hydrogen-bond donors (Lipinski definition) is 1. The van der Waals surface area contributed by atoms with E-state index >= 15 is 0 Å². The highest BCUT2D eigenvalue weighted by Gasteiger charge is 2.30. The summed E-state index contributed by atoms with van der Waals surface area (Å²) in [5, 5.41) is 4.52. The first-order valence-corrected chi connectivity index (χ1v) is 7.39. The highest BCUT2D eigenvalue weighted by molar-refractivity contribution is 7.89. The zero-order valence-corrected chi connectivity index (χ0v) is 11.5. The molecule has 0 bridgehead atoms. The normalized spacial score (nSPS) is 24.5. The maximum absolute atomic E-state index is 12.2. The summed E-state index contributed by atoms with van der Waals surface area (Å²) in [6, 6.07) is 2.40. The van der Waals surface area contributed by atoms with Gasteiger partial charge in [-0.05, 0) is 26.0 Å². The van der Waals surface area contributed by atoms with Crippen molar-refractivity contribution in [1.82, 2.24) is 4.90 Å². The van der Waals surface area contributed by atoms with E-state index in [1.54, 1.807) is 4.90 Å². The number of amides is 1. The molecule has 1 fully saturated rings. The van der Waals surface area contributed by atoms with E-state index in [2.05, 4.69) is 0 Å². The molecule has 2 N–H and O–H groups in total. The van der Waals surface area contributed by atoms with Crippen molar-refractivity contribution in [3.8, 4) is 0 Å². The van der Waals surface area contributed by atoms with Gasteiger partial charge in [0.15, 0.2) is 5.76 Å². The topological polar surface area (TPSA) is 103 Å². The first kappa shape index (κ1) is 14.0. The quantitative estimate of drug-likeness (QED) is 0.836. The predicted molar refractivity (Wildman–Crippen MR) is 66.0 cm³/mol. The monoisotopic (exact) mass is 288 g/mol. The van der Waals surface area contributed by atoms with Crippen LogP contribution in [-0.4, -0.2) is 44.5 Å². The molecule has 1 aromatic rings. The van der Waals surface area contributed by atoms with Gasteiger partial charge < -0.3 is 14.1 Å². The summed E-state index contributed by atoms with van der Waals surface area (Å²) < 4.78 is 32.6. The number of nitrogens with zero attached hydrogens (tertiary/aromatic N) is 1. The maximum atomic E-state index is 12.2. The van der Waals surface area contributed by atoms with Gasteiger partial charge in [0.25, 0.3) is 15.9 Å². The minimum Gasteiger partial charge on any atom is -0.438 e. The molecule has 0 radical (unpaired) electrons. The molecule has 8 heteroatoms. The number of carbonyl (C=O) groups excluding carboxylic acids is 1. The Morgan fingerprint density at radius 2 is 2.11 bits per heavy atom. The van der Waals surface area contributed by atoms with E-state index in [-0.39, 0.29) is 23.8 Å². The second kappa shape index (κ2) is 4.95. The molecule has 2 heterocycles. The number of ether oxygens (including phenoxy) is 1. The number of furan rings is 1. The lowest BCUT2D eigenvalue weighted by atomic mass is 10.2. The molecule has 0 spiro atoms. The second-order valence-electron chi connectivity index (χ2n) is 4.61. The Hall–Kier alpha value is -1.38. The van der Waals surface area contributed by atoms with E-state index in [4.69, 9.17) is 14.3 Å². The third-order valence-corrected chi connectivity index (χ3v) is 3.72. The second-order valence-corrected chi connectivity index (χ2v) is 6.11. The van der Waals surface area contributed by atoms with Crippen LogP contribution in [0.2, 0.25) is 0 Å². The van der Waals surface area contributed by atoms with Crippen molar-refractivity contribution in [3.63, 3.8) is 0 Å². The Labute approximate surface area is 111 Å². The lowest BCUT2D eigenvalue weighted by Crippen LogP contribution is -2.50. The Bertz CT molecular complexity index is 580. The Kier molecular flexibility index (Phi) is 3.66. The summed E-state index contributed by atoms with van der Waals surface area (Å²) in [5.74, 6) is -0.400. The molecule has 2 atom stereocenters. The molecule has 1 aliphatic rings. The van der Waals surface area contributed by atoms with Gasteiger partial charge in [-0.2, -0.15) is 0 Å². The number of nitrogens with two attached hydrogens (primary N) is 1. The fourth-order valence-corrected chi connectivity index (χ4v) is 2.38. The van der Waals surface area contributed by atoms with Gasteiger partial charge in [0.05, 0.1) is 18.8 Å². The van der Waals surface area contributed by atoms with Gasteiger partial charge in [0.2, 0.25) is 5.09 Å². The van der Waals surface area contributed by atoms with Crippen LogP contribution in [0.1, 0.15) is 24.4 Å². The Morgan fingerprint density at radius 1 is 1.42 bits per heavy atom.